The van der Waals surface area contributed by atoms with Gasteiger partial charge in [0.2, 0.25) is 6.79 Å². The lowest BCUT2D eigenvalue weighted by Gasteiger charge is -2.44. The average Bonchev–Trinajstić information content (AvgIpc) is 3.34. The van der Waals surface area contributed by atoms with Gasteiger partial charge in [-0.2, -0.15) is 0 Å². The number of quaternary nitrogens is 1. The van der Waals surface area contributed by atoms with E-state index in [-0.39, 0.29) is 29.6 Å². The largest absolute Gasteiger partial charge is 0.454 e. The molecular weight excluding hydrogens is 370 g/mol. The maximum atomic E-state index is 13.7. The summed E-state index contributed by atoms with van der Waals surface area (Å²) in [7, 11) is 1.82. The average molecular weight is 390 g/mol. The van der Waals surface area contributed by atoms with E-state index in [1.807, 2.05) is 43.4 Å². The number of hydrogen-bond acceptors (Lipinski definition) is 4. The van der Waals surface area contributed by atoms with Crippen LogP contribution in [-0.2, 0) is 22.6 Å². The van der Waals surface area contributed by atoms with Gasteiger partial charge in [0.15, 0.2) is 24.1 Å². The van der Waals surface area contributed by atoms with Crippen LogP contribution in [0.4, 0.5) is 5.69 Å². The van der Waals surface area contributed by atoms with Gasteiger partial charge in [0, 0.05) is 35.2 Å². The van der Waals surface area contributed by atoms with Crippen molar-refractivity contribution in [3.05, 3.63) is 53.7 Å². The lowest BCUT2D eigenvalue weighted by atomic mass is 9.92. The summed E-state index contributed by atoms with van der Waals surface area (Å²) in [6.07, 6.45) is 0.530. The third-order valence-electron chi connectivity index (χ3n) is 6.47. The molecule has 146 valence electrons. The van der Waals surface area contributed by atoms with E-state index in [9.17, 15) is 9.59 Å². The topological polar surface area (TPSA) is 71.6 Å². The molecule has 1 saturated heterocycles. The number of aromatic amines is 1. The van der Waals surface area contributed by atoms with Gasteiger partial charge in [-0.05, 0) is 17.7 Å². The van der Waals surface area contributed by atoms with Crippen LogP contribution in [0.3, 0.4) is 0 Å². The lowest BCUT2D eigenvalue weighted by molar-refractivity contribution is -0.155. The van der Waals surface area contributed by atoms with Gasteiger partial charge in [0.25, 0.3) is 5.91 Å². The first-order chi connectivity index (χ1) is 14.0. The standard InChI is InChI=1S/C22H20N3O4/c1-25(13-6-7-19-20(8-13)29-12-28-19)11-21(26)24-10-17-15(9-18(24)22(25)27)14-4-2-3-5-16(14)23-17/h2-8,18,23H,9-12H2,1H3/q+1/t18-,25?/m1/s1. The van der Waals surface area contributed by atoms with Crippen molar-refractivity contribution < 1.29 is 19.1 Å². The number of aromatic nitrogens is 1. The number of rotatable bonds is 1. The summed E-state index contributed by atoms with van der Waals surface area (Å²) in [4.78, 5) is 32.0. The molecule has 1 unspecified atom stereocenters. The second-order valence-electron chi connectivity index (χ2n) is 8.09. The minimum Gasteiger partial charge on any atom is -0.454 e. The summed E-state index contributed by atoms with van der Waals surface area (Å²) in [5, 5.41) is 1.13. The number of H-pyrrole nitrogens is 1. The number of piperazine rings is 1. The number of amides is 2. The molecule has 3 aromatic rings. The van der Waals surface area contributed by atoms with E-state index in [0.717, 1.165) is 27.8 Å². The molecule has 0 bridgehead atoms. The van der Waals surface area contributed by atoms with Crippen LogP contribution in [0.5, 0.6) is 11.5 Å². The van der Waals surface area contributed by atoms with Crippen molar-refractivity contribution in [2.24, 2.45) is 0 Å². The highest BCUT2D eigenvalue weighted by Gasteiger charge is 2.53. The van der Waals surface area contributed by atoms with E-state index in [1.165, 1.54) is 0 Å². The summed E-state index contributed by atoms with van der Waals surface area (Å²) in [5.74, 6) is 1.30. The molecule has 1 aromatic heterocycles. The van der Waals surface area contributed by atoms with Gasteiger partial charge in [-0.25, -0.2) is 9.28 Å². The first kappa shape index (κ1) is 16.6. The van der Waals surface area contributed by atoms with Gasteiger partial charge in [-0.1, -0.05) is 18.2 Å². The van der Waals surface area contributed by atoms with Crippen molar-refractivity contribution in [1.29, 1.82) is 0 Å². The Labute approximate surface area is 167 Å². The van der Waals surface area contributed by atoms with Gasteiger partial charge in [-0.15, -0.1) is 0 Å². The Hall–Kier alpha value is -3.32. The summed E-state index contributed by atoms with van der Waals surface area (Å²) in [6, 6.07) is 13.1. The number of carbonyl (C=O) groups is 2. The highest BCUT2D eigenvalue weighted by molar-refractivity contribution is 6.03. The fourth-order valence-corrected chi connectivity index (χ4v) is 4.87. The number of fused-ring (bicyclic) bond motifs is 5. The third-order valence-corrected chi connectivity index (χ3v) is 6.47. The SMILES string of the molecule is C[N+]1(c2ccc3c(c2)OCO3)CC(=O)N2Cc3[nH]c4ccccc4c3C[C@@H]2C1=O. The molecule has 6 rings (SSSR count). The van der Waals surface area contributed by atoms with Crippen LogP contribution >= 0.6 is 0 Å². The van der Waals surface area contributed by atoms with Gasteiger partial charge >= 0.3 is 5.91 Å². The normalized spacial score (nSPS) is 25.3. The molecule has 7 heteroatoms. The second-order valence-corrected chi connectivity index (χ2v) is 8.09. The summed E-state index contributed by atoms with van der Waals surface area (Å²) >= 11 is 0. The summed E-state index contributed by atoms with van der Waals surface area (Å²) < 4.78 is 10.8. The van der Waals surface area contributed by atoms with E-state index >= 15 is 0 Å². The van der Waals surface area contributed by atoms with Crippen molar-refractivity contribution >= 4 is 28.4 Å². The minimum absolute atomic E-state index is 0.0147. The van der Waals surface area contributed by atoms with Crippen molar-refractivity contribution in [3.63, 3.8) is 0 Å². The maximum absolute atomic E-state index is 13.7. The van der Waals surface area contributed by atoms with E-state index in [4.69, 9.17) is 9.47 Å². The Kier molecular flexibility index (Phi) is 3.21. The fourth-order valence-electron chi connectivity index (χ4n) is 4.87. The molecule has 3 aliphatic heterocycles. The minimum atomic E-state index is -0.474. The molecule has 7 nitrogen and oxygen atoms in total. The van der Waals surface area contributed by atoms with Gasteiger partial charge in [-0.3, -0.25) is 4.79 Å². The molecule has 1 fully saturated rings. The Balaban J connectivity index is 1.42. The van der Waals surface area contributed by atoms with Crippen molar-refractivity contribution in [2.75, 3.05) is 20.4 Å². The first-order valence-corrected chi connectivity index (χ1v) is 9.73. The molecule has 0 aliphatic carbocycles. The molecule has 2 atom stereocenters. The number of nitrogens with one attached hydrogen (secondary N) is 1. The van der Waals surface area contributed by atoms with Crippen molar-refractivity contribution in [3.8, 4) is 11.5 Å². The number of para-hydroxylation sites is 1. The van der Waals surface area contributed by atoms with E-state index in [0.29, 0.717) is 24.5 Å². The third kappa shape index (κ3) is 2.22. The zero-order valence-corrected chi connectivity index (χ0v) is 16.0. The quantitative estimate of drug-likeness (QED) is 0.648. The molecule has 2 aromatic carbocycles. The summed E-state index contributed by atoms with van der Waals surface area (Å²) in [5.41, 5.74) is 3.96. The van der Waals surface area contributed by atoms with Crippen LogP contribution in [0.15, 0.2) is 42.5 Å². The lowest BCUT2D eigenvalue weighted by Crippen LogP contribution is -2.70. The van der Waals surface area contributed by atoms with Crippen LogP contribution in [-0.4, -0.2) is 48.1 Å². The van der Waals surface area contributed by atoms with Crippen LogP contribution in [0.2, 0.25) is 0 Å². The number of carbonyl (C=O) groups excluding carboxylic acids is 2. The molecular formula is C22H20N3O4+. The molecule has 0 spiro atoms. The Bertz CT molecular complexity index is 1200. The zero-order valence-electron chi connectivity index (χ0n) is 16.0. The maximum Gasteiger partial charge on any atom is 0.341 e. The predicted molar refractivity (Wildman–Crippen MR) is 106 cm³/mol. The Morgan fingerprint density at radius 2 is 1.93 bits per heavy atom. The molecule has 2 amide bonds. The molecule has 4 heterocycles. The van der Waals surface area contributed by atoms with E-state index in [2.05, 4.69) is 11.1 Å². The van der Waals surface area contributed by atoms with Gasteiger partial charge in [0.1, 0.15) is 5.69 Å². The fraction of sp³-hybridized carbons (Fsp3) is 0.273. The number of hydrogen-bond donors (Lipinski definition) is 1. The number of nitrogens with zero attached hydrogens (tertiary/aromatic N) is 2. The highest BCUT2D eigenvalue weighted by Crippen LogP contribution is 2.40. The van der Waals surface area contributed by atoms with E-state index in [1.54, 1.807) is 4.90 Å². The predicted octanol–water partition coefficient (Wildman–Crippen LogP) is 2.33. The van der Waals surface area contributed by atoms with Gasteiger partial charge < -0.3 is 19.4 Å². The Morgan fingerprint density at radius 1 is 1.10 bits per heavy atom. The monoisotopic (exact) mass is 390 g/mol. The van der Waals surface area contributed by atoms with Crippen molar-refractivity contribution in [2.45, 2.75) is 19.0 Å². The molecule has 0 saturated carbocycles. The van der Waals surface area contributed by atoms with Gasteiger partial charge in [0.05, 0.1) is 13.6 Å². The van der Waals surface area contributed by atoms with E-state index < -0.39 is 6.04 Å². The molecule has 0 radical (unpaired) electrons. The molecule has 1 N–H and O–H groups in total. The van der Waals surface area contributed by atoms with Crippen LogP contribution in [0.25, 0.3) is 10.9 Å². The second kappa shape index (κ2) is 5.61. The molecule has 29 heavy (non-hydrogen) atoms. The number of ether oxygens (including phenoxy) is 2. The first-order valence-electron chi connectivity index (χ1n) is 9.73. The number of benzene rings is 2. The summed E-state index contributed by atoms with van der Waals surface area (Å²) in [6.45, 7) is 0.722. The molecule has 3 aliphatic rings. The number of likely N-dealkylation sites (N-methyl/N-ethyl adjacent to an activating group) is 1. The van der Waals surface area contributed by atoms with Crippen molar-refractivity contribution in [1.82, 2.24) is 14.4 Å². The Morgan fingerprint density at radius 3 is 2.83 bits per heavy atom. The highest BCUT2D eigenvalue weighted by atomic mass is 16.7. The zero-order chi connectivity index (χ0) is 19.8. The van der Waals surface area contributed by atoms with Crippen LogP contribution < -0.4 is 14.0 Å². The smallest absolute Gasteiger partial charge is 0.341 e. The van der Waals surface area contributed by atoms with Crippen LogP contribution in [0, 0.1) is 0 Å². The van der Waals surface area contributed by atoms with Crippen LogP contribution in [0.1, 0.15) is 11.3 Å².